The average Bonchev–Trinajstić information content (AvgIpc) is 2.65. The summed E-state index contributed by atoms with van der Waals surface area (Å²) in [7, 11) is 1.56. The van der Waals surface area contributed by atoms with Gasteiger partial charge < -0.3 is 19.3 Å². The zero-order valence-electron chi connectivity index (χ0n) is 18.4. The van der Waals surface area contributed by atoms with Crippen LogP contribution in [0.5, 0.6) is 0 Å². The number of hydrogen-bond acceptors (Lipinski definition) is 4. The van der Waals surface area contributed by atoms with Crippen molar-refractivity contribution in [2.45, 2.75) is 39.5 Å². The summed E-state index contributed by atoms with van der Waals surface area (Å²) in [6.45, 7) is 6.40. The maximum Gasteiger partial charge on any atom is 0.410 e. The van der Waals surface area contributed by atoms with E-state index < -0.39 is 11.7 Å². The number of hydrogen-bond donors (Lipinski definition) is 0. The summed E-state index contributed by atoms with van der Waals surface area (Å²) < 4.78 is 25.1. The van der Waals surface area contributed by atoms with Gasteiger partial charge in [-0.1, -0.05) is 30.3 Å². The molecule has 0 unspecified atom stereocenters. The fourth-order valence-electron chi connectivity index (χ4n) is 3.38. The van der Waals surface area contributed by atoms with E-state index in [0.29, 0.717) is 17.9 Å². The third kappa shape index (κ3) is 5.82. The Morgan fingerprint density at radius 2 is 1.81 bits per heavy atom. The second-order valence-electron chi connectivity index (χ2n) is 8.70. The Bertz CT molecular complexity index is 921. The monoisotopic (exact) mass is 428 g/mol. The molecule has 1 aliphatic rings. The van der Waals surface area contributed by atoms with E-state index in [9.17, 15) is 14.0 Å². The number of benzene rings is 2. The summed E-state index contributed by atoms with van der Waals surface area (Å²) in [5.41, 5.74) is 1.24. The molecule has 1 saturated heterocycles. The van der Waals surface area contributed by atoms with Crippen LogP contribution in [0.4, 0.5) is 14.9 Å². The summed E-state index contributed by atoms with van der Waals surface area (Å²) in [5, 5.41) is 0. The van der Waals surface area contributed by atoms with Crippen LogP contribution in [0.3, 0.4) is 0 Å². The van der Waals surface area contributed by atoms with Gasteiger partial charge in [0.25, 0.3) is 0 Å². The Morgan fingerprint density at radius 1 is 1.13 bits per heavy atom. The number of anilines is 1. The van der Waals surface area contributed by atoms with Gasteiger partial charge in [0, 0.05) is 31.5 Å². The van der Waals surface area contributed by atoms with Crippen LogP contribution in [0.25, 0.3) is 0 Å². The van der Waals surface area contributed by atoms with E-state index in [2.05, 4.69) is 0 Å². The summed E-state index contributed by atoms with van der Waals surface area (Å²) in [6.07, 6.45) is -0.428. The number of methoxy groups -OCH3 is 1. The molecule has 31 heavy (non-hydrogen) atoms. The summed E-state index contributed by atoms with van der Waals surface area (Å²) in [6, 6.07) is 14.1. The van der Waals surface area contributed by atoms with Crippen LogP contribution in [-0.4, -0.2) is 42.7 Å². The molecular formula is C24H29FN2O4. The molecule has 2 aromatic rings. The molecule has 6 nitrogen and oxygen atoms in total. The van der Waals surface area contributed by atoms with Gasteiger partial charge in [-0.05, 0) is 44.5 Å². The Labute approximate surface area is 182 Å². The third-order valence-corrected chi connectivity index (χ3v) is 4.97. The second kappa shape index (κ2) is 9.47. The molecule has 1 fully saturated rings. The van der Waals surface area contributed by atoms with Gasteiger partial charge in [-0.15, -0.1) is 0 Å². The van der Waals surface area contributed by atoms with Crippen LogP contribution in [0.15, 0.2) is 48.5 Å². The van der Waals surface area contributed by atoms with Crippen molar-refractivity contribution in [1.82, 2.24) is 4.90 Å². The van der Waals surface area contributed by atoms with Gasteiger partial charge in [-0.25, -0.2) is 9.18 Å². The molecule has 3 rings (SSSR count). The molecule has 166 valence electrons. The fourth-order valence-corrected chi connectivity index (χ4v) is 3.38. The number of rotatable bonds is 6. The predicted octanol–water partition coefficient (Wildman–Crippen LogP) is 4.37. The van der Waals surface area contributed by atoms with Gasteiger partial charge in [0.15, 0.2) is 0 Å². The molecule has 0 aromatic heterocycles. The van der Waals surface area contributed by atoms with E-state index in [-0.39, 0.29) is 37.3 Å². The average molecular weight is 429 g/mol. The highest BCUT2D eigenvalue weighted by Crippen LogP contribution is 2.26. The van der Waals surface area contributed by atoms with Gasteiger partial charge >= 0.3 is 6.09 Å². The lowest BCUT2D eigenvalue weighted by molar-refractivity contribution is -0.127. The Balaban J connectivity index is 1.74. The molecule has 7 heteroatoms. The third-order valence-electron chi connectivity index (χ3n) is 4.97. The van der Waals surface area contributed by atoms with Crippen LogP contribution in [0.1, 0.15) is 31.9 Å². The van der Waals surface area contributed by atoms with Crippen molar-refractivity contribution in [2.75, 3.05) is 25.1 Å². The fraction of sp³-hybridized carbons (Fsp3) is 0.417. The van der Waals surface area contributed by atoms with E-state index in [0.717, 1.165) is 5.56 Å². The van der Waals surface area contributed by atoms with Gasteiger partial charge in [0.05, 0.1) is 19.1 Å². The first kappa shape index (κ1) is 22.7. The lowest BCUT2D eigenvalue weighted by Crippen LogP contribution is -2.57. The van der Waals surface area contributed by atoms with Crippen LogP contribution in [0.2, 0.25) is 0 Å². The molecule has 0 spiro atoms. The van der Waals surface area contributed by atoms with Gasteiger partial charge in [-0.3, -0.25) is 4.79 Å². The molecule has 1 heterocycles. The first-order valence-electron chi connectivity index (χ1n) is 10.3. The van der Waals surface area contributed by atoms with Gasteiger partial charge in [-0.2, -0.15) is 0 Å². The molecule has 1 aliphatic heterocycles. The van der Waals surface area contributed by atoms with Gasteiger partial charge in [0.1, 0.15) is 11.4 Å². The van der Waals surface area contributed by atoms with Crippen LogP contribution < -0.4 is 4.90 Å². The van der Waals surface area contributed by atoms with E-state index in [1.807, 2.05) is 30.3 Å². The molecule has 0 aliphatic carbocycles. The lowest BCUT2D eigenvalue weighted by Gasteiger charge is -2.41. The zero-order valence-corrected chi connectivity index (χ0v) is 18.4. The molecule has 0 N–H and O–H groups in total. The number of carbonyl (C=O) groups excluding carboxylic acids is 2. The molecule has 2 amide bonds. The van der Waals surface area contributed by atoms with Crippen molar-refractivity contribution in [2.24, 2.45) is 5.92 Å². The molecule has 0 bridgehead atoms. The number of nitrogens with zero attached hydrogens (tertiary/aromatic N) is 2. The van der Waals surface area contributed by atoms with Crippen molar-refractivity contribution >= 4 is 17.7 Å². The van der Waals surface area contributed by atoms with Crippen molar-refractivity contribution in [3.8, 4) is 0 Å². The Hall–Kier alpha value is -2.93. The highest BCUT2D eigenvalue weighted by Gasteiger charge is 2.40. The van der Waals surface area contributed by atoms with Crippen LogP contribution in [0, 0.1) is 11.7 Å². The maximum absolute atomic E-state index is 14.7. The number of carbonyl (C=O) groups is 2. The van der Waals surface area contributed by atoms with E-state index in [1.54, 1.807) is 44.9 Å². The number of amides is 2. The van der Waals surface area contributed by atoms with Crippen molar-refractivity contribution in [1.29, 1.82) is 0 Å². The Morgan fingerprint density at radius 3 is 2.39 bits per heavy atom. The second-order valence-corrected chi connectivity index (χ2v) is 8.70. The molecule has 2 aromatic carbocycles. The van der Waals surface area contributed by atoms with E-state index in [4.69, 9.17) is 9.47 Å². The maximum atomic E-state index is 14.7. The van der Waals surface area contributed by atoms with Gasteiger partial charge in [0.2, 0.25) is 5.91 Å². The number of halogens is 1. The summed E-state index contributed by atoms with van der Waals surface area (Å²) >= 11 is 0. The number of para-hydroxylation sites is 1. The molecule has 0 saturated carbocycles. The minimum absolute atomic E-state index is 0.102. The molecular weight excluding hydrogens is 399 g/mol. The summed E-state index contributed by atoms with van der Waals surface area (Å²) in [4.78, 5) is 28.5. The standard InChI is InChI=1S/C24H29FN2O4/c1-24(2,3)31-23(29)26-13-19(14-26)22(28)27(20-8-6-5-7-9-20)15-18-11-10-17(16-30-4)12-21(18)25/h5-12,19H,13-16H2,1-4H3. The zero-order chi connectivity index (χ0) is 22.6. The predicted molar refractivity (Wildman–Crippen MR) is 116 cm³/mol. The topological polar surface area (TPSA) is 59.1 Å². The van der Waals surface area contributed by atoms with E-state index >= 15 is 0 Å². The lowest BCUT2D eigenvalue weighted by atomic mass is 9.98. The minimum atomic E-state index is -0.589. The largest absolute Gasteiger partial charge is 0.444 e. The van der Waals surface area contributed by atoms with Crippen LogP contribution in [-0.2, 0) is 27.4 Å². The first-order chi connectivity index (χ1) is 14.7. The van der Waals surface area contributed by atoms with Crippen molar-refractivity contribution < 1.29 is 23.5 Å². The Kier molecular flexibility index (Phi) is 6.95. The van der Waals surface area contributed by atoms with Crippen molar-refractivity contribution in [3.05, 3.63) is 65.5 Å². The molecule has 0 radical (unpaired) electrons. The number of likely N-dealkylation sites (tertiary alicyclic amines) is 1. The first-order valence-corrected chi connectivity index (χ1v) is 10.3. The summed E-state index contributed by atoms with van der Waals surface area (Å²) in [5.74, 6) is -0.887. The molecule has 0 atom stereocenters. The number of ether oxygens (including phenoxy) is 2. The quantitative estimate of drug-likeness (QED) is 0.686. The highest BCUT2D eigenvalue weighted by molar-refractivity contribution is 5.96. The van der Waals surface area contributed by atoms with Crippen LogP contribution >= 0.6 is 0 Å². The minimum Gasteiger partial charge on any atom is -0.444 e. The normalized spacial score (nSPS) is 14.2. The smallest absolute Gasteiger partial charge is 0.410 e. The van der Waals surface area contributed by atoms with Crippen molar-refractivity contribution in [3.63, 3.8) is 0 Å². The highest BCUT2D eigenvalue weighted by atomic mass is 19.1. The SMILES string of the molecule is COCc1ccc(CN(C(=O)C2CN(C(=O)OC(C)(C)C)C2)c2ccccc2)c(F)c1. The van der Waals surface area contributed by atoms with E-state index in [1.165, 1.54) is 11.0 Å².